The zero-order valence-electron chi connectivity index (χ0n) is 21.5. The van der Waals surface area contributed by atoms with E-state index in [-0.39, 0.29) is 6.61 Å². The number of hydrogen-bond acceptors (Lipinski definition) is 10. The van der Waals surface area contributed by atoms with E-state index in [1.165, 1.54) is 37.0 Å². The molecule has 0 atom stereocenters. The smallest absolute Gasteiger partial charge is 0.226 e. The van der Waals surface area contributed by atoms with Gasteiger partial charge >= 0.3 is 0 Å². The van der Waals surface area contributed by atoms with Gasteiger partial charge in [0.2, 0.25) is 5.95 Å². The molecule has 4 rings (SSSR count). The third-order valence-electron chi connectivity index (χ3n) is 7.38. The molecule has 9 nitrogen and oxygen atoms in total. The van der Waals surface area contributed by atoms with E-state index in [9.17, 15) is 0 Å². The van der Waals surface area contributed by atoms with Crippen LogP contribution in [0.3, 0.4) is 0 Å². The monoisotopic (exact) mass is 516 g/mol. The molecule has 0 radical (unpaired) electrons. The molecule has 2 aromatic heterocycles. The molecule has 10 heteroatoms. The number of β-amino-alcohol motifs (C(OH)–C–C–N with tert-alkyl or cyclic N) is 1. The molecule has 1 saturated carbocycles. The van der Waals surface area contributed by atoms with E-state index in [1.807, 2.05) is 17.4 Å². The highest BCUT2D eigenvalue weighted by molar-refractivity contribution is 7.09. The SMILES string of the molecule is Nc1cc(N2CCN(CCO)CC2)nc(NC[C@H]2CC[C@H](CNCCCNCc3cccs3)CC2)n1. The quantitative estimate of drug-likeness (QED) is 0.241. The first-order chi connectivity index (χ1) is 17.7. The third-order valence-corrected chi connectivity index (χ3v) is 8.26. The summed E-state index contributed by atoms with van der Waals surface area (Å²) < 4.78 is 0. The number of nitrogen functional groups attached to an aromatic ring is 1. The lowest BCUT2D eigenvalue weighted by atomic mass is 9.82. The fraction of sp³-hybridized carbons (Fsp3) is 0.692. The first kappa shape index (κ1) is 27.1. The summed E-state index contributed by atoms with van der Waals surface area (Å²) in [6.07, 6.45) is 6.26. The van der Waals surface area contributed by atoms with Crippen molar-refractivity contribution >= 4 is 28.9 Å². The van der Waals surface area contributed by atoms with Crippen LogP contribution in [-0.2, 0) is 6.54 Å². The van der Waals surface area contributed by atoms with Crippen molar-refractivity contribution in [1.82, 2.24) is 25.5 Å². The minimum Gasteiger partial charge on any atom is -0.395 e. The summed E-state index contributed by atoms with van der Waals surface area (Å²) in [5, 5.41) is 21.9. The molecular formula is C26H44N8OS. The van der Waals surface area contributed by atoms with E-state index in [2.05, 4.69) is 48.2 Å². The number of thiophene rings is 1. The highest BCUT2D eigenvalue weighted by atomic mass is 32.1. The zero-order valence-corrected chi connectivity index (χ0v) is 22.3. The van der Waals surface area contributed by atoms with Crippen LogP contribution in [-0.4, -0.2) is 85.5 Å². The summed E-state index contributed by atoms with van der Waals surface area (Å²) in [5.74, 6) is 3.50. The number of nitrogens with zero attached hydrogens (tertiary/aromatic N) is 4. The Bertz CT molecular complexity index is 867. The summed E-state index contributed by atoms with van der Waals surface area (Å²) >= 11 is 1.82. The predicted molar refractivity (Wildman–Crippen MR) is 150 cm³/mol. The van der Waals surface area contributed by atoms with Crippen LogP contribution in [0.5, 0.6) is 0 Å². The van der Waals surface area contributed by atoms with Crippen molar-refractivity contribution in [2.24, 2.45) is 11.8 Å². The Hall–Kier alpha value is -1.98. The lowest BCUT2D eigenvalue weighted by Gasteiger charge is -2.35. The maximum Gasteiger partial charge on any atom is 0.226 e. The number of aliphatic hydroxyl groups is 1. The Balaban J connectivity index is 1.08. The van der Waals surface area contributed by atoms with Gasteiger partial charge in [0, 0.05) is 56.8 Å². The molecule has 2 aromatic rings. The van der Waals surface area contributed by atoms with Crippen LogP contribution in [0, 0.1) is 11.8 Å². The molecule has 1 saturated heterocycles. The molecule has 200 valence electrons. The predicted octanol–water partition coefficient (Wildman–Crippen LogP) is 2.22. The van der Waals surface area contributed by atoms with Crippen molar-refractivity contribution in [2.75, 3.05) is 81.5 Å². The average Bonchev–Trinajstić information content (AvgIpc) is 3.42. The summed E-state index contributed by atoms with van der Waals surface area (Å²) in [6.45, 7) is 9.76. The molecular weight excluding hydrogens is 472 g/mol. The van der Waals surface area contributed by atoms with Gasteiger partial charge in [-0.1, -0.05) is 6.07 Å². The molecule has 6 N–H and O–H groups in total. The van der Waals surface area contributed by atoms with Crippen molar-refractivity contribution in [3.63, 3.8) is 0 Å². The molecule has 1 aliphatic carbocycles. The molecule has 3 heterocycles. The summed E-state index contributed by atoms with van der Waals surface area (Å²) in [6, 6.07) is 6.16. The van der Waals surface area contributed by atoms with Crippen LogP contribution in [0.2, 0.25) is 0 Å². The summed E-state index contributed by atoms with van der Waals surface area (Å²) in [5.41, 5.74) is 6.10. The van der Waals surface area contributed by atoms with E-state index in [0.717, 1.165) is 77.2 Å². The van der Waals surface area contributed by atoms with Crippen molar-refractivity contribution in [3.05, 3.63) is 28.5 Å². The van der Waals surface area contributed by atoms with Crippen molar-refractivity contribution in [3.8, 4) is 0 Å². The topological polar surface area (TPSA) is 115 Å². The van der Waals surface area contributed by atoms with E-state index >= 15 is 0 Å². The first-order valence-electron chi connectivity index (χ1n) is 13.6. The van der Waals surface area contributed by atoms with Crippen molar-refractivity contribution in [1.29, 1.82) is 0 Å². The zero-order chi connectivity index (χ0) is 25.0. The maximum absolute atomic E-state index is 9.15. The van der Waals surface area contributed by atoms with Gasteiger partial charge in [-0.25, -0.2) is 0 Å². The number of piperazine rings is 1. The second kappa shape index (κ2) is 14.7. The standard InChI is InChI=1S/C26H44N8OS/c27-24-17-25(34-12-10-33(11-13-34)14-15-35)32-26(31-24)30-19-22-6-4-21(5-7-22)18-28-8-2-9-29-20-23-3-1-16-36-23/h1,3,16-17,21-22,28-29,35H,2,4-15,18-20H2,(H3,27,30,31,32)/t21-,22-. The Morgan fingerprint density at radius 3 is 2.47 bits per heavy atom. The van der Waals surface area contributed by atoms with Crippen LogP contribution >= 0.6 is 11.3 Å². The fourth-order valence-corrected chi connectivity index (χ4v) is 5.85. The van der Waals surface area contributed by atoms with Crippen molar-refractivity contribution in [2.45, 2.75) is 38.6 Å². The van der Waals surface area contributed by atoms with Gasteiger partial charge in [-0.3, -0.25) is 4.90 Å². The summed E-state index contributed by atoms with van der Waals surface area (Å²) in [4.78, 5) is 15.1. The van der Waals surface area contributed by atoms with E-state index in [1.54, 1.807) is 0 Å². The van der Waals surface area contributed by atoms with Crippen molar-refractivity contribution < 1.29 is 5.11 Å². The second-order valence-corrected chi connectivity index (χ2v) is 11.1. The minimum atomic E-state index is 0.210. The van der Waals surface area contributed by atoms with Crippen LogP contribution in [0.4, 0.5) is 17.6 Å². The number of aromatic nitrogens is 2. The molecule has 2 fully saturated rings. The molecule has 0 spiro atoms. The van der Waals surface area contributed by atoms with Crippen LogP contribution in [0.25, 0.3) is 0 Å². The Kier molecular flexibility index (Phi) is 11.0. The Morgan fingerprint density at radius 1 is 1.00 bits per heavy atom. The lowest BCUT2D eigenvalue weighted by Crippen LogP contribution is -2.47. The van der Waals surface area contributed by atoms with Gasteiger partial charge in [-0.05, 0) is 75.0 Å². The minimum absolute atomic E-state index is 0.210. The highest BCUT2D eigenvalue weighted by Crippen LogP contribution is 2.28. The number of nitrogens with one attached hydrogen (secondary N) is 3. The van der Waals surface area contributed by atoms with Gasteiger partial charge in [-0.15, -0.1) is 11.3 Å². The maximum atomic E-state index is 9.15. The normalized spacial score (nSPS) is 21.1. The van der Waals surface area contributed by atoms with Crippen LogP contribution < -0.4 is 26.6 Å². The van der Waals surface area contributed by atoms with Gasteiger partial charge in [0.1, 0.15) is 11.6 Å². The first-order valence-corrected chi connectivity index (χ1v) is 14.5. The van der Waals surface area contributed by atoms with Crippen LogP contribution in [0.15, 0.2) is 23.6 Å². The molecule has 2 aliphatic rings. The fourth-order valence-electron chi connectivity index (χ4n) is 5.18. The Labute approximate surface area is 219 Å². The number of rotatable bonds is 14. The van der Waals surface area contributed by atoms with E-state index in [4.69, 9.17) is 15.8 Å². The van der Waals surface area contributed by atoms with Gasteiger partial charge in [0.15, 0.2) is 0 Å². The largest absolute Gasteiger partial charge is 0.395 e. The average molecular weight is 517 g/mol. The number of aliphatic hydroxyl groups excluding tert-OH is 1. The molecule has 0 aromatic carbocycles. The number of hydrogen-bond donors (Lipinski definition) is 5. The van der Waals surface area contributed by atoms with Gasteiger partial charge in [-0.2, -0.15) is 9.97 Å². The van der Waals surface area contributed by atoms with Gasteiger partial charge in [0.05, 0.1) is 6.61 Å². The lowest BCUT2D eigenvalue weighted by molar-refractivity contribution is 0.188. The second-order valence-electron chi connectivity index (χ2n) is 10.1. The molecule has 0 bridgehead atoms. The molecule has 36 heavy (non-hydrogen) atoms. The van der Waals surface area contributed by atoms with Gasteiger partial charge < -0.3 is 31.7 Å². The number of nitrogens with two attached hydrogens (primary N) is 1. The number of anilines is 3. The van der Waals surface area contributed by atoms with Gasteiger partial charge in [0.25, 0.3) is 0 Å². The van der Waals surface area contributed by atoms with Crippen LogP contribution in [0.1, 0.15) is 37.0 Å². The highest BCUT2D eigenvalue weighted by Gasteiger charge is 2.22. The molecule has 1 aliphatic heterocycles. The molecule has 0 unspecified atom stereocenters. The molecule has 0 amide bonds. The summed E-state index contributed by atoms with van der Waals surface area (Å²) in [7, 11) is 0. The Morgan fingerprint density at radius 2 is 1.75 bits per heavy atom. The van der Waals surface area contributed by atoms with E-state index < -0.39 is 0 Å². The van der Waals surface area contributed by atoms with E-state index in [0.29, 0.717) is 17.7 Å². The third kappa shape index (κ3) is 8.85.